The van der Waals surface area contributed by atoms with Gasteiger partial charge in [0.2, 0.25) is 0 Å². The second-order valence-electron chi connectivity index (χ2n) is 3.28. The Morgan fingerprint density at radius 2 is 1.76 bits per heavy atom. The summed E-state index contributed by atoms with van der Waals surface area (Å²) < 4.78 is 13.7. The van der Waals surface area contributed by atoms with E-state index in [1.165, 1.54) is 0 Å². The van der Waals surface area contributed by atoms with Crippen LogP contribution >= 0.6 is 0 Å². The van der Waals surface area contributed by atoms with Crippen LogP contribution in [-0.2, 0) is 28.6 Å². The number of ether oxygens (including phenoxy) is 3. The average molecular weight is 246 g/mol. The van der Waals surface area contributed by atoms with Crippen molar-refractivity contribution in [3.8, 4) is 0 Å². The predicted molar refractivity (Wildman–Crippen MR) is 58.1 cm³/mol. The molecule has 0 fully saturated rings. The second kappa shape index (κ2) is 8.55. The summed E-state index contributed by atoms with van der Waals surface area (Å²) in [5.74, 6) is -2.95. The Morgan fingerprint density at radius 3 is 2.24 bits per heavy atom. The highest BCUT2D eigenvalue weighted by Crippen LogP contribution is 2.08. The molecule has 0 spiro atoms. The van der Waals surface area contributed by atoms with Gasteiger partial charge in [-0.25, -0.2) is 14.4 Å². The van der Waals surface area contributed by atoms with Gasteiger partial charge in [0.25, 0.3) is 0 Å². The number of hydrogen-bond donors (Lipinski definition) is 0. The van der Waals surface area contributed by atoms with Gasteiger partial charge in [0, 0.05) is 0 Å². The van der Waals surface area contributed by atoms with E-state index in [4.69, 9.17) is 9.47 Å². The Balaban J connectivity index is 4.41. The van der Waals surface area contributed by atoms with E-state index in [2.05, 4.69) is 4.74 Å². The normalized spacial score (nSPS) is 11.5. The molecule has 0 bridgehead atoms. The van der Waals surface area contributed by atoms with Crippen molar-refractivity contribution >= 4 is 17.9 Å². The van der Waals surface area contributed by atoms with Crippen molar-refractivity contribution < 1.29 is 28.6 Å². The summed E-state index contributed by atoms with van der Waals surface area (Å²) in [7, 11) is 1.06. The van der Waals surface area contributed by atoms with Gasteiger partial charge in [-0.1, -0.05) is 13.3 Å². The van der Waals surface area contributed by atoms with Gasteiger partial charge in [-0.2, -0.15) is 0 Å². The third-order valence-corrected chi connectivity index (χ3v) is 1.97. The highest BCUT2D eigenvalue weighted by molar-refractivity contribution is 6.29. The number of carbonyl (C=O) groups is 3. The second-order valence-corrected chi connectivity index (χ2v) is 3.28. The lowest BCUT2D eigenvalue weighted by molar-refractivity contribution is -0.176. The summed E-state index contributed by atoms with van der Waals surface area (Å²) in [6.07, 6.45) is 0.823. The number of hydrogen-bond acceptors (Lipinski definition) is 6. The van der Waals surface area contributed by atoms with Gasteiger partial charge in [0.05, 0.1) is 13.7 Å². The largest absolute Gasteiger partial charge is 0.463 e. The van der Waals surface area contributed by atoms with Gasteiger partial charge in [-0.05, 0) is 19.8 Å². The first kappa shape index (κ1) is 15.4. The lowest BCUT2D eigenvalue weighted by atomic mass is 10.1. The van der Waals surface area contributed by atoms with E-state index in [1.54, 1.807) is 6.92 Å². The summed E-state index contributed by atoms with van der Waals surface area (Å²) in [4.78, 5) is 33.4. The Kier molecular flexibility index (Phi) is 7.75. The molecule has 6 nitrogen and oxygen atoms in total. The summed E-state index contributed by atoms with van der Waals surface area (Å²) in [5.41, 5.74) is 0. The molecule has 6 heteroatoms. The topological polar surface area (TPSA) is 78.9 Å². The van der Waals surface area contributed by atoms with Crippen molar-refractivity contribution in [1.29, 1.82) is 0 Å². The molecule has 17 heavy (non-hydrogen) atoms. The third kappa shape index (κ3) is 5.89. The summed E-state index contributed by atoms with van der Waals surface area (Å²) in [6, 6.07) is 0. The molecule has 0 N–H and O–H groups in total. The fourth-order valence-electron chi connectivity index (χ4n) is 1.11. The van der Waals surface area contributed by atoms with E-state index in [-0.39, 0.29) is 6.61 Å². The van der Waals surface area contributed by atoms with E-state index in [0.717, 1.165) is 13.5 Å². The fourth-order valence-corrected chi connectivity index (χ4v) is 1.11. The maximum absolute atomic E-state index is 11.4. The van der Waals surface area contributed by atoms with Crippen LogP contribution in [0.15, 0.2) is 0 Å². The van der Waals surface area contributed by atoms with Crippen molar-refractivity contribution in [2.45, 2.75) is 39.2 Å². The first-order valence-corrected chi connectivity index (χ1v) is 5.52. The minimum atomic E-state index is -1.18. The Bertz CT molecular complexity index is 273. The quantitative estimate of drug-likeness (QED) is 0.392. The van der Waals surface area contributed by atoms with E-state index in [1.807, 2.05) is 6.92 Å². The predicted octanol–water partition coefficient (Wildman–Crippen LogP) is 0.825. The van der Waals surface area contributed by atoms with Gasteiger partial charge in [-0.15, -0.1) is 0 Å². The van der Waals surface area contributed by atoms with Gasteiger partial charge in [0.15, 0.2) is 6.10 Å². The van der Waals surface area contributed by atoms with Crippen LogP contribution < -0.4 is 0 Å². The lowest BCUT2D eigenvalue weighted by Gasteiger charge is -2.15. The Morgan fingerprint density at radius 1 is 1.12 bits per heavy atom. The fraction of sp³-hybridized carbons (Fsp3) is 0.727. The monoisotopic (exact) mass is 246 g/mol. The molecular weight excluding hydrogens is 228 g/mol. The summed E-state index contributed by atoms with van der Waals surface area (Å²) in [6.45, 7) is 3.78. The standard InChI is InChI=1S/C11H18O6/c1-4-6-7-8(9(12)16-5-2)17-11(14)10(13)15-3/h8H,4-7H2,1-3H3. The number of carbonyl (C=O) groups excluding carboxylic acids is 3. The molecule has 1 atom stereocenters. The third-order valence-electron chi connectivity index (χ3n) is 1.97. The van der Waals surface area contributed by atoms with Crippen molar-refractivity contribution in [2.24, 2.45) is 0 Å². The highest BCUT2D eigenvalue weighted by atomic mass is 16.6. The van der Waals surface area contributed by atoms with Crippen LogP contribution in [0.5, 0.6) is 0 Å². The van der Waals surface area contributed by atoms with Crippen molar-refractivity contribution in [2.75, 3.05) is 13.7 Å². The van der Waals surface area contributed by atoms with Crippen molar-refractivity contribution in [3.63, 3.8) is 0 Å². The molecular formula is C11H18O6. The van der Waals surface area contributed by atoms with E-state index in [9.17, 15) is 14.4 Å². The van der Waals surface area contributed by atoms with Crippen LogP contribution in [0.1, 0.15) is 33.1 Å². The molecule has 0 amide bonds. The van der Waals surface area contributed by atoms with Gasteiger partial charge in [-0.3, -0.25) is 0 Å². The van der Waals surface area contributed by atoms with E-state index >= 15 is 0 Å². The zero-order chi connectivity index (χ0) is 13.3. The molecule has 0 aromatic carbocycles. The van der Waals surface area contributed by atoms with Crippen LogP contribution in [0.4, 0.5) is 0 Å². The maximum atomic E-state index is 11.4. The molecule has 0 aliphatic carbocycles. The molecule has 1 unspecified atom stereocenters. The summed E-state index contributed by atoms with van der Waals surface area (Å²) >= 11 is 0. The molecule has 0 aliphatic heterocycles. The van der Waals surface area contributed by atoms with Gasteiger partial charge < -0.3 is 14.2 Å². The van der Waals surface area contributed by atoms with Crippen LogP contribution in [0.25, 0.3) is 0 Å². The minimum Gasteiger partial charge on any atom is -0.463 e. The first-order valence-electron chi connectivity index (χ1n) is 5.52. The SMILES string of the molecule is CCCCC(OC(=O)C(=O)OC)C(=O)OCC. The number of unbranched alkanes of at least 4 members (excludes halogenated alkanes) is 1. The molecule has 0 saturated carbocycles. The molecule has 0 heterocycles. The zero-order valence-electron chi connectivity index (χ0n) is 10.4. The summed E-state index contributed by atoms with van der Waals surface area (Å²) in [5, 5.41) is 0. The van der Waals surface area contributed by atoms with E-state index in [0.29, 0.717) is 12.8 Å². The number of esters is 3. The lowest BCUT2D eigenvalue weighted by Crippen LogP contribution is -2.32. The number of rotatable bonds is 6. The van der Waals surface area contributed by atoms with E-state index < -0.39 is 24.0 Å². The number of methoxy groups -OCH3 is 1. The average Bonchev–Trinajstić information content (AvgIpc) is 2.33. The minimum absolute atomic E-state index is 0.192. The highest BCUT2D eigenvalue weighted by Gasteiger charge is 2.27. The molecule has 0 aromatic heterocycles. The van der Waals surface area contributed by atoms with Crippen LogP contribution in [0.3, 0.4) is 0 Å². The molecule has 98 valence electrons. The molecule has 0 saturated heterocycles. The smallest absolute Gasteiger partial charge is 0.418 e. The zero-order valence-corrected chi connectivity index (χ0v) is 10.4. The van der Waals surface area contributed by atoms with Gasteiger partial charge in [0.1, 0.15) is 0 Å². The maximum Gasteiger partial charge on any atom is 0.418 e. The van der Waals surface area contributed by atoms with Crippen molar-refractivity contribution in [1.82, 2.24) is 0 Å². The molecule has 0 rings (SSSR count). The Hall–Kier alpha value is -1.59. The molecule has 0 aromatic rings. The van der Waals surface area contributed by atoms with Crippen LogP contribution in [0, 0.1) is 0 Å². The van der Waals surface area contributed by atoms with Crippen molar-refractivity contribution in [3.05, 3.63) is 0 Å². The van der Waals surface area contributed by atoms with Crippen LogP contribution in [0.2, 0.25) is 0 Å². The Labute approximate surface area is 100 Å². The first-order chi connectivity index (χ1) is 8.06. The van der Waals surface area contributed by atoms with Gasteiger partial charge >= 0.3 is 17.9 Å². The molecule has 0 aliphatic rings. The van der Waals surface area contributed by atoms with Crippen LogP contribution in [-0.4, -0.2) is 37.7 Å². The molecule has 0 radical (unpaired) electrons.